The number of benzene rings is 1. The molecule has 0 heterocycles. The summed E-state index contributed by atoms with van der Waals surface area (Å²) in [6.07, 6.45) is 0. The lowest BCUT2D eigenvalue weighted by molar-refractivity contribution is -0.139. The van der Waals surface area contributed by atoms with Crippen LogP contribution < -0.4 is 5.32 Å². The van der Waals surface area contributed by atoms with Crippen molar-refractivity contribution in [2.24, 2.45) is 0 Å². The molecular formula is C11H14FNO2. The highest BCUT2D eigenvalue weighted by molar-refractivity contribution is 5.72. The van der Waals surface area contributed by atoms with Gasteiger partial charge in [-0.05, 0) is 31.5 Å². The van der Waals surface area contributed by atoms with Gasteiger partial charge in [-0.15, -0.1) is 0 Å². The molecule has 1 unspecified atom stereocenters. The fourth-order valence-corrected chi connectivity index (χ4v) is 1.32. The molecule has 0 aliphatic heterocycles. The maximum atomic E-state index is 12.9. The van der Waals surface area contributed by atoms with Gasteiger partial charge in [0.05, 0.1) is 0 Å². The summed E-state index contributed by atoms with van der Waals surface area (Å²) in [5.41, 5.74) is 0.739. The van der Waals surface area contributed by atoms with E-state index in [9.17, 15) is 9.18 Å². The van der Waals surface area contributed by atoms with Crippen LogP contribution in [0.5, 0.6) is 0 Å². The van der Waals surface area contributed by atoms with Gasteiger partial charge in [-0.2, -0.15) is 0 Å². The van der Waals surface area contributed by atoms with Gasteiger partial charge in [-0.1, -0.05) is 12.1 Å². The summed E-state index contributed by atoms with van der Waals surface area (Å²) < 4.78 is 12.9. The number of rotatable bonds is 4. The standard InChI is InChI=1S/C11H14FNO2/c1-7(13-8(2)11(14)15)9-4-3-5-10(12)6-9/h3-8,13H,1-2H3,(H,14,15)/t7-,8?/m0/s1. The minimum atomic E-state index is -0.918. The molecule has 4 heteroatoms. The van der Waals surface area contributed by atoms with Crippen LogP contribution in [-0.2, 0) is 4.79 Å². The van der Waals surface area contributed by atoms with Gasteiger partial charge in [0.25, 0.3) is 0 Å². The second-order valence-corrected chi connectivity index (χ2v) is 3.50. The van der Waals surface area contributed by atoms with Crippen molar-refractivity contribution >= 4 is 5.97 Å². The quantitative estimate of drug-likeness (QED) is 0.800. The maximum Gasteiger partial charge on any atom is 0.320 e. The van der Waals surface area contributed by atoms with Gasteiger partial charge in [0.15, 0.2) is 0 Å². The third-order valence-electron chi connectivity index (χ3n) is 2.22. The van der Waals surface area contributed by atoms with Crippen molar-refractivity contribution in [2.45, 2.75) is 25.9 Å². The summed E-state index contributed by atoms with van der Waals surface area (Å²) in [6.45, 7) is 3.35. The van der Waals surface area contributed by atoms with E-state index in [1.807, 2.05) is 0 Å². The number of hydrogen-bond acceptors (Lipinski definition) is 2. The molecule has 0 aromatic heterocycles. The van der Waals surface area contributed by atoms with Crippen molar-refractivity contribution in [1.82, 2.24) is 5.32 Å². The average molecular weight is 211 g/mol. The molecule has 1 aromatic rings. The lowest BCUT2D eigenvalue weighted by Gasteiger charge is -2.17. The molecule has 0 aliphatic rings. The van der Waals surface area contributed by atoms with Gasteiger partial charge in [-0.25, -0.2) is 4.39 Å². The number of carboxylic acid groups (broad SMARTS) is 1. The first-order valence-electron chi connectivity index (χ1n) is 4.75. The van der Waals surface area contributed by atoms with Crippen LogP contribution in [0.4, 0.5) is 4.39 Å². The van der Waals surface area contributed by atoms with Crippen LogP contribution in [0.15, 0.2) is 24.3 Å². The van der Waals surface area contributed by atoms with E-state index in [-0.39, 0.29) is 11.9 Å². The number of carbonyl (C=O) groups is 1. The van der Waals surface area contributed by atoms with Crippen molar-refractivity contribution in [1.29, 1.82) is 0 Å². The Bertz CT molecular complexity index is 354. The summed E-state index contributed by atoms with van der Waals surface area (Å²) in [6, 6.07) is 5.28. The van der Waals surface area contributed by atoms with E-state index in [0.717, 1.165) is 5.56 Å². The molecule has 0 aliphatic carbocycles. The van der Waals surface area contributed by atoms with Crippen LogP contribution in [-0.4, -0.2) is 17.1 Å². The molecule has 0 saturated heterocycles. The molecular weight excluding hydrogens is 197 g/mol. The number of halogens is 1. The Morgan fingerprint density at radius 3 is 2.67 bits per heavy atom. The van der Waals surface area contributed by atoms with Crippen LogP contribution in [0, 0.1) is 5.82 Å². The molecule has 1 rings (SSSR count). The van der Waals surface area contributed by atoms with E-state index in [1.165, 1.54) is 12.1 Å². The Balaban J connectivity index is 2.68. The highest BCUT2D eigenvalue weighted by Gasteiger charge is 2.14. The van der Waals surface area contributed by atoms with Crippen LogP contribution in [0.3, 0.4) is 0 Å². The summed E-state index contributed by atoms with van der Waals surface area (Å²) in [7, 11) is 0. The molecule has 2 atom stereocenters. The number of hydrogen-bond donors (Lipinski definition) is 2. The molecule has 0 fully saturated rings. The molecule has 0 radical (unpaired) electrons. The first-order chi connectivity index (χ1) is 7.00. The Labute approximate surface area is 87.9 Å². The fraction of sp³-hybridized carbons (Fsp3) is 0.364. The number of carboxylic acids is 1. The summed E-state index contributed by atoms with van der Waals surface area (Å²) in [4.78, 5) is 10.6. The molecule has 2 N–H and O–H groups in total. The van der Waals surface area contributed by atoms with Crippen molar-refractivity contribution in [3.63, 3.8) is 0 Å². The zero-order valence-electron chi connectivity index (χ0n) is 8.70. The zero-order chi connectivity index (χ0) is 11.4. The first-order valence-corrected chi connectivity index (χ1v) is 4.75. The molecule has 0 bridgehead atoms. The van der Waals surface area contributed by atoms with Crippen molar-refractivity contribution in [2.75, 3.05) is 0 Å². The predicted octanol–water partition coefficient (Wildman–Crippen LogP) is 1.95. The lowest BCUT2D eigenvalue weighted by atomic mass is 10.1. The highest BCUT2D eigenvalue weighted by Crippen LogP contribution is 2.13. The summed E-state index contributed by atoms with van der Waals surface area (Å²) in [5, 5.41) is 11.6. The predicted molar refractivity (Wildman–Crippen MR) is 55.0 cm³/mol. The fourth-order valence-electron chi connectivity index (χ4n) is 1.32. The molecule has 0 amide bonds. The monoisotopic (exact) mass is 211 g/mol. The molecule has 1 aromatic carbocycles. The minimum Gasteiger partial charge on any atom is -0.480 e. The summed E-state index contributed by atoms with van der Waals surface area (Å²) >= 11 is 0. The van der Waals surface area contributed by atoms with Gasteiger partial charge in [0.1, 0.15) is 11.9 Å². The number of nitrogens with one attached hydrogen (secondary N) is 1. The summed E-state index contributed by atoms with van der Waals surface area (Å²) in [5.74, 6) is -1.23. The molecule has 82 valence electrons. The maximum absolute atomic E-state index is 12.9. The Hall–Kier alpha value is -1.42. The van der Waals surface area contributed by atoms with E-state index >= 15 is 0 Å². The Morgan fingerprint density at radius 1 is 1.47 bits per heavy atom. The van der Waals surface area contributed by atoms with E-state index in [1.54, 1.807) is 26.0 Å². The van der Waals surface area contributed by atoms with Gasteiger partial charge < -0.3 is 5.11 Å². The molecule has 15 heavy (non-hydrogen) atoms. The second kappa shape index (κ2) is 4.89. The third kappa shape index (κ3) is 3.32. The van der Waals surface area contributed by atoms with Crippen LogP contribution >= 0.6 is 0 Å². The van der Waals surface area contributed by atoms with E-state index in [2.05, 4.69) is 5.32 Å². The Morgan fingerprint density at radius 2 is 2.13 bits per heavy atom. The molecule has 0 saturated carbocycles. The largest absolute Gasteiger partial charge is 0.480 e. The second-order valence-electron chi connectivity index (χ2n) is 3.50. The van der Waals surface area contributed by atoms with E-state index < -0.39 is 12.0 Å². The normalized spacial score (nSPS) is 14.6. The van der Waals surface area contributed by atoms with Crippen LogP contribution in [0.2, 0.25) is 0 Å². The minimum absolute atomic E-state index is 0.188. The average Bonchev–Trinajstić information content (AvgIpc) is 2.17. The van der Waals surface area contributed by atoms with Crippen LogP contribution in [0.25, 0.3) is 0 Å². The Kier molecular flexibility index (Phi) is 3.80. The topological polar surface area (TPSA) is 49.3 Å². The van der Waals surface area contributed by atoms with Crippen LogP contribution in [0.1, 0.15) is 25.5 Å². The van der Waals surface area contributed by atoms with E-state index in [4.69, 9.17) is 5.11 Å². The SMILES string of the molecule is CC(N[C@@H](C)c1cccc(F)c1)C(=O)O. The van der Waals surface area contributed by atoms with Crippen molar-refractivity contribution < 1.29 is 14.3 Å². The molecule has 0 spiro atoms. The van der Waals surface area contributed by atoms with Crippen molar-refractivity contribution in [3.8, 4) is 0 Å². The van der Waals surface area contributed by atoms with Gasteiger partial charge in [-0.3, -0.25) is 10.1 Å². The van der Waals surface area contributed by atoms with Gasteiger partial charge in [0.2, 0.25) is 0 Å². The third-order valence-corrected chi connectivity index (χ3v) is 2.22. The number of aliphatic carboxylic acids is 1. The lowest BCUT2D eigenvalue weighted by Crippen LogP contribution is -2.35. The smallest absolute Gasteiger partial charge is 0.320 e. The molecule has 3 nitrogen and oxygen atoms in total. The van der Waals surface area contributed by atoms with Crippen molar-refractivity contribution in [3.05, 3.63) is 35.6 Å². The van der Waals surface area contributed by atoms with E-state index in [0.29, 0.717) is 0 Å². The van der Waals surface area contributed by atoms with Gasteiger partial charge >= 0.3 is 5.97 Å². The first kappa shape index (κ1) is 11.7. The zero-order valence-corrected chi connectivity index (χ0v) is 8.70. The highest BCUT2D eigenvalue weighted by atomic mass is 19.1. The van der Waals surface area contributed by atoms with Gasteiger partial charge in [0, 0.05) is 6.04 Å².